The lowest BCUT2D eigenvalue weighted by Crippen LogP contribution is -2.21. The highest BCUT2D eigenvalue weighted by Crippen LogP contribution is 2.19. The fourth-order valence-corrected chi connectivity index (χ4v) is 1.23. The summed E-state index contributed by atoms with van der Waals surface area (Å²) >= 11 is 5.54. The van der Waals surface area contributed by atoms with E-state index >= 15 is 0 Å². The quantitative estimate of drug-likeness (QED) is 0.761. The summed E-state index contributed by atoms with van der Waals surface area (Å²) in [6.07, 6.45) is 1.09. The second-order valence-electron chi connectivity index (χ2n) is 3.17. The van der Waals surface area contributed by atoms with Crippen molar-refractivity contribution in [1.29, 1.82) is 0 Å². The maximum atomic E-state index is 13.0. The van der Waals surface area contributed by atoms with Gasteiger partial charge in [0.15, 0.2) is 0 Å². The third kappa shape index (κ3) is 4.49. The monoisotopic (exact) mass is 231 g/mol. The van der Waals surface area contributed by atoms with Crippen LogP contribution in [0, 0.1) is 5.82 Å². The second-order valence-corrected chi connectivity index (χ2v) is 3.58. The highest BCUT2D eigenvalue weighted by atomic mass is 35.5. The second kappa shape index (κ2) is 6.64. The van der Waals surface area contributed by atoms with Crippen molar-refractivity contribution in [2.24, 2.45) is 0 Å². The summed E-state index contributed by atoms with van der Waals surface area (Å²) in [6, 6.07) is 4.44. The molecule has 0 aliphatic rings. The number of rotatable bonds is 6. The van der Waals surface area contributed by atoms with Gasteiger partial charge < -0.3 is 10.1 Å². The molecule has 0 spiro atoms. The fourth-order valence-electron chi connectivity index (χ4n) is 1.11. The molecule has 84 valence electrons. The summed E-state index contributed by atoms with van der Waals surface area (Å²) in [6.45, 7) is 4.36. The first kappa shape index (κ1) is 12.3. The number of hydrogen-bond donors (Lipinski definition) is 1. The summed E-state index contributed by atoms with van der Waals surface area (Å²) in [5, 5.41) is 3.30. The number of ether oxygens (including phenoxy) is 1. The SMILES string of the molecule is CCCNCCOc1ccc(Cl)c(F)c1. The van der Waals surface area contributed by atoms with Gasteiger partial charge in [0.2, 0.25) is 0 Å². The summed E-state index contributed by atoms with van der Waals surface area (Å²) in [5.74, 6) is 0.0610. The van der Waals surface area contributed by atoms with Crippen LogP contribution in [0.1, 0.15) is 13.3 Å². The predicted molar refractivity (Wildman–Crippen MR) is 60.1 cm³/mol. The topological polar surface area (TPSA) is 21.3 Å². The standard InChI is InChI=1S/C11H15ClFNO/c1-2-5-14-6-7-15-9-3-4-10(12)11(13)8-9/h3-4,8,14H,2,5-7H2,1H3. The maximum Gasteiger partial charge on any atom is 0.145 e. The minimum Gasteiger partial charge on any atom is -0.492 e. The van der Waals surface area contributed by atoms with E-state index in [4.69, 9.17) is 16.3 Å². The van der Waals surface area contributed by atoms with E-state index in [2.05, 4.69) is 12.2 Å². The Balaban J connectivity index is 2.28. The van der Waals surface area contributed by atoms with Crippen LogP contribution >= 0.6 is 11.6 Å². The Kier molecular flexibility index (Phi) is 5.43. The lowest BCUT2D eigenvalue weighted by molar-refractivity contribution is 0.312. The Hall–Kier alpha value is -0.800. The Morgan fingerprint density at radius 3 is 2.87 bits per heavy atom. The molecule has 0 atom stereocenters. The van der Waals surface area contributed by atoms with Gasteiger partial charge >= 0.3 is 0 Å². The van der Waals surface area contributed by atoms with Gasteiger partial charge in [-0.15, -0.1) is 0 Å². The van der Waals surface area contributed by atoms with E-state index in [1.165, 1.54) is 12.1 Å². The highest BCUT2D eigenvalue weighted by Gasteiger charge is 2.01. The molecule has 1 N–H and O–H groups in total. The van der Waals surface area contributed by atoms with Crippen LogP contribution in [-0.2, 0) is 0 Å². The molecule has 0 heterocycles. The van der Waals surface area contributed by atoms with Crippen LogP contribution in [0.4, 0.5) is 4.39 Å². The average Bonchev–Trinajstić information content (AvgIpc) is 2.23. The molecule has 0 aliphatic heterocycles. The lowest BCUT2D eigenvalue weighted by Gasteiger charge is -2.07. The van der Waals surface area contributed by atoms with Crippen molar-refractivity contribution in [3.63, 3.8) is 0 Å². The van der Waals surface area contributed by atoms with Gasteiger partial charge in [-0.1, -0.05) is 18.5 Å². The van der Waals surface area contributed by atoms with Gasteiger partial charge in [-0.3, -0.25) is 0 Å². The number of halogens is 2. The van der Waals surface area contributed by atoms with E-state index in [9.17, 15) is 4.39 Å². The number of benzene rings is 1. The van der Waals surface area contributed by atoms with Crippen molar-refractivity contribution in [3.8, 4) is 5.75 Å². The minimum atomic E-state index is -0.448. The maximum absolute atomic E-state index is 13.0. The molecule has 0 saturated carbocycles. The zero-order valence-corrected chi connectivity index (χ0v) is 9.48. The zero-order chi connectivity index (χ0) is 11.1. The lowest BCUT2D eigenvalue weighted by atomic mass is 10.3. The third-order valence-electron chi connectivity index (χ3n) is 1.87. The molecule has 0 unspecified atom stereocenters. The van der Waals surface area contributed by atoms with E-state index in [1.807, 2.05) is 0 Å². The van der Waals surface area contributed by atoms with Crippen molar-refractivity contribution < 1.29 is 9.13 Å². The molecule has 1 rings (SSSR count). The normalized spacial score (nSPS) is 10.3. The van der Waals surface area contributed by atoms with Gasteiger partial charge in [0.25, 0.3) is 0 Å². The van der Waals surface area contributed by atoms with E-state index in [0.29, 0.717) is 12.4 Å². The first-order valence-corrected chi connectivity index (χ1v) is 5.40. The fraction of sp³-hybridized carbons (Fsp3) is 0.455. The van der Waals surface area contributed by atoms with Crippen molar-refractivity contribution in [2.75, 3.05) is 19.7 Å². The molecule has 0 aromatic heterocycles. The molecule has 0 fully saturated rings. The molecule has 0 aliphatic carbocycles. The summed E-state index contributed by atoms with van der Waals surface area (Å²) in [7, 11) is 0. The van der Waals surface area contributed by atoms with Gasteiger partial charge in [0.1, 0.15) is 18.2 Å². The van der Waals surface area contributed by atoms with Crippen LogP contribution in [0.15, 0.2) is 18.2 Å². The predicted octanol–water partition coefficient (Wildman–Crippen LogP) is 2.86. The van der Waals surface area contributed by atoms with Crippen LogP contribution in [0.25, 0.3) is 0 Å². The van der Waals surface area contributed by atoms with E-state index < -0.39 is 5.82 Å². The average molecular weight is 232 g/mol. The van der Waals surface area contributed by atoms with Crippen molar-refractivity contribution in [3.05, 3.63) is 29.0 Å². The molecule has 0 saturated heterocycles. The van der Waals surface area contributed by atoms with Gasteiger partial charge in [-0.25, -0.2) is 4.39 Å². The molecule has 2 nitrogen and oxygen atoms in total. The van der Waals surface area contributed by atoms with Crippen LogP contribution < -0.4 is 10.1 Å². The third-order valence-corrected chi connectivity index (χ3v) is 2.17. The Morgan fingerprint density at radius 2 is 2.20 bits per heavy atom. The Morgan fingerprint density at radius 1 is 1.40 bits per heavy atom. The molecule has 15 heavy (non-hydrogen) atoms. The van der Waals surface area contributed by atoms with Crippen molar-refractivity contribution in [1.82, 2.24) is 5.32 Å². The smallest absolute Gasteiger partial charge is 0.145 e. The molecule has 0 amide bonds. The molecule has 0 bridgehead atoms. The molecular weight excluding hydrogens is 217 g/mol. The largest absolute Gasteiger partial charge is 0.492 e. The molecule has 1 aromatic carbocycles. The molecule has 0 radical (unpaired) electrons. The van der Waals surface area contributed by atoms with E-state index in [0.717, 1.165) is 19.5 Å². The zero-order valence-electron chi connectivity index (χ0n) is 8.72. The van der Waals surface area contributed by atoms with Crippen molar-refractivity contribution in [2.45, 2.75) is 13.3 Å². The number of nitrogens with one attached hydrogen (secondary N) is 1. The molecule has 1 aromatic rings. The summed E-state index contributed by atoms with van der Waals surface area (Å²) in [4.78, 5) is 0. The minimum absolute atomic E-state index is 0.117. The summed E-state index contributed by atoms with van der Waals surface area (Å²) in [5.41, 5.74) is 0. The highest BCUT2D eigenvalue weighted by molar-refractivity contribution is 6.30. The molecule has 4 heteroatoms. The van der Waals surface area contributed by atoms with Crippen LogP contribution in [0.5, 0.6) is 5.75 Å². The number of hydrogen-bond acceptors (Lipinski definition) is 2. The van der Waals surface area contributed by atoms with Gasteiger partial charge in [-0.05, 0) is 25.1 Å². The van der Waals surface area contributed by atoms with Gasteiger partial charge in [0, 0.05) is 12.6 Å². The van der Waals surface area contributed by atoms with Crippen LogP contribution in [0.2, 0.25) is 5.02 Å². The van der Waals surface area contributed by atoms with E-state index in [1.54, 1.807) is 6.07 Å². The van der Waals surface area contributed by atoms with E-state index in [-0.39, 0.29) is 5.02 Å². The van der Waals surface area contributed by atoms with Gasteiger partial charge in [0.05, 0.1) is 5.02 Å². The summed E-state index contributed by atoms with van der Waals surface area (Å²) < 4.78 is 18.3. The Bertz CT molecular complexity index is 307. The van der Waals surface area contributed by atoms with Crippen LogP contribution in [0.3, 0.4) is 0 Å². The first-order chi connectivity index (χ1) is 7.24. The van der Waals surface area contributed by atoms with Gasteiger partial charge in [-0.2, -0.15) is 0 Å². The van der Waals surface area contributed by atoms with Crippen molar-refractivity contribution >= 4 is 11.6 Å². The Labute approximate surface area is 94.4 Å². The van der Waals surface area contributed by atoms with Crippen LogP contribution in [-0.4, -0.2) is 19.7 Å². The molecular formula is C11H15ClFNO. The first-order valence-electron chi connectivity index (χ1n) is 5.02.